The molecule has 0 unspecified atom stereocenters. The maximum absolute atomic E-state index is 6.70. The summed E-state index contributed by atoms with van der Waals surface area (Å²) < 4.78 is 6.70. The monoisotopic (exact) mass is 290 g/mol. The van der Waals surface area contributed by atoms with Gasteiger partial charge in [-0.1, -0.05) is 24.5 Å². The largest absolute Gasteiger partial charge is 0.368 e. The molecule has 2 heterocycles. The number of allylic oxidation sites excluding steroid dienone is 1. The predicted molar refractivity (Wildman–Crippen MR) is 85.5 cm³/mol. The Balaban J connectivity index is 1.50. The summed E-state index contributed by atoms with van der Waals surface area (Å²) in [6, 6.07) is 0. The van der Waals surface area contributed by atoms with Crippen LogP contribution >= 0.6 is 0 Å². The number of rotatable bonds is 2. The van der Waals surface area contributed by atoms with Gasteiger partial charge >= 0.3 is 0 Å². The smallest absolute Gasteiger partial charge is 0.113 e. The van der Waals surface area contributed by atoms with Crippen LogP contribution in [0.4, 0.5) is 0 Å². The molecule has 0 aromatic carbocycles. The molecule has 0 aromatic rings. The molecule has 0 spiro atoms. The van der Waals surface area contributed by atoms with E-state index in [1.165, 1.54) is 83.8 Å². The molecule has 2 heteroatoms. The van der Waals surface area contributed by atoms with Gasteiger partial charge in [0.25, 0.3) is 0 Å². The first-order chi connectivity index (χ1) is 10.4. The van der Waals surface area contributed by atoms with E-state index in [1.807, 2.05) is 10.5 Å². The molecule has 3 fully saturated rings. The van der Waals surface area contributed by atoms with Gasteiger partial charge in [-0.05, 0) is 51.4 Å². The number of quaternary nitrogens is 1. The highest BCUT2D eigenvalue weighted by Gasteiger charge is 2.44. The Morgan fingerprint density at radius 3 is 2.62 bits per heavy atom. The summed E-state index contributed by atoms with van der Waals surface area (Å²) in [5.41, 5.74) is 1.83. The van der Waals surface area contributed by atoms with Crippen molar-refractivity contribution in [2.75, 3.05) is 19.6 Å². The predicted octanol–water partition coefficient (Wildman–Crippen LogP) is 2.74. The number of piperidine rings is 1. The van der Waals surface area contributed by atoms with E-state index in [1.54, 1.807) is 0 Å². The lowest BCUT2D eigenvalue weighted by atomic mass is 9.69. The molecule has 2 aliphatic heterocycles. The van der Waals surface area contributed by atoms with Gasteiger partial charge in [0.2, 0.25) is 0 Å². The first-order valence-electron chi connectivity index (χ1n) is 9.61. The Kier molecular flexibility index (Phi) is 4.36. The van der Waals surface area contributed by atoms with E-state index in [0.717, 1.165) is 11.8 Å². The van der Waals surface area contributed by atoms with Crippen LogP contribution in [0.25, 0.3) is 0 Å². The van der Waals surface area contributed by atoms with Crippen molar-refractivity contribution in [2.45, 2.75) is 76.4 Å². The van der Waals surface area contributed by atoms with Crippen LogP contribution in [0.1, 0.15) is 64.2 Å². The van der Waals surface area contributed by atoms with E-state index in [0.29, 0.717) is 12.2 Å². The summed E-state index contributed by atoms with van der Waals surface area (Å²) in [6.07, 6.45) is 17.7. The fourth-order valence-corrected chi connectivity index (χ4v) is 5.44. The Morgan fingerprint density at radius 1 is 0.905 bits per heavy atom. The van der Waals surface area contributed by atoms with E-state index in [9.17, 15) is 0 Å². The fourth-order valence-electron chi connectivity index (χ4n) is 5.44. The molecule has 1 saturated carbocycles. The summed E-state index contributed by atoms with van der Waals surface area (Å²) in [5.74, 6) is 1.56. The zero-order chi connectivity index (χ0) is 14.1. The summed E-state index contributed by atoms with van der Waals surface area (Å²) >= 11 is 0. The maximum Gasteiger partial charge on any atom is 0.113 e. The molecule has 2 aliphatic carbocycles. The van der Waals surface area contributed by atoms with Gasteiger partial charge in [-0.15, -0.1) is 0 Å². The van der Waals surface area contributed by atoms with Gasteiger partial charge in [0.1, 0.15) is 12.6 Å². The van der Waals surface area contributed by atoms with Crippen LogP contribution in [0.3, 0.4) is 0 Å². The third kappa shape index (κ3) is 2.94. The van der Waals surface area contributed by atoms with Crippen molar-refractivity contribution in [2.24, 2.45) is 11.8 Å². The summed E-state index contributed by atoms with van der Waals surface area (Å²) in [6.45, 7) is 4.06. The van der Waals surface area contributed by atoms with E-state index in [4.69, 9.17) is 4.74 Å². The Bertz CT molecular complexity index is 383. The number of likely N-dealkylation sites (tertiary alicyclic amines) is 1. The standard InChI is InChI=1S/C19H31NO/c1-6-12-20(13-7-1)14-19-17-10-3-2-8-15(17)16-9-4-5-11-18(16)21-19/h8,16-19H,1-7,9-14H2/p+1/t16-,17+,18-,19-/m0/s1. The normalized spacial score (nSPS) is 41.0. The van der Waals surface area contributed by atoms with Crippen LogP contribution in [-0.4, -0.2) is 31.8 Å². The third-order valence-corrected chi connectivity index (χ3v) is 6.51. The second-order valence-corrected chi connectivity index (χ2v) is 7.86. The SMILES string of the molecule is C1=C2[C@@H](CCC1)[C@H](C[NH+]1CCCCC1)O[C@H]1CCCC[C@@H]21. The molecular weight excluding hydrogens is 258 g/mol. The number of fused-ring (bicyclic) bond motifs is 3. The van der Waals surface area contributed by atoms with Crippen molar-refractivity contribution in [3.05, 3.63) is 11.6 Å². The van der Waals surface area contributed by atoms with Gasteiger partial charge < -0.3 is 9.64 Å². The minimum atomic E-state index is 0.531. The van der Waals surface area contributed by atoms with Crippen LogP contribution in [-0.2, 0) is 4.74 Å². The lowest BCUT2D eigenvalue weighted by Gasteiger charge is -2.47. The number of hydrogen-bond donors (Lipinski definition) is 1. The lowest BCUT2D eigenvalue weighted by Crippen LogP contribution is -3.14. The van der Waals surface area contributed by atoms with Crippen molar-refractivity contribution in [3.8, 4) is 0 Å². The van der Waals surface area contributed by atoms with Crippen molar-refractivity contribution >= 4 is 0 Å². The second-order valence-electron chi connectivity index (χ2n) is 7.86. The van der Waals surface area contributed by atoms with E-state index in [-0.39, 0.29) is 0 Å². The van der Waals surface area contributed by atoms with Crippen molar-refractivity contribution in [1.82, 2.24) is 0 Å². The summed E-state index contributed by atoms with van der Waals surface area (Å²) in [7, 11) is 0. The molecule has 0 radical (unpaired) electrons. The van der Waals surface area contributed by atoms with Crippen molar-refractivity contribution in [3.63, 3.8) is 0 Å². The van der Waals surface area contributed by atoms with Crippen LogP contribution < -0.4 is 4.90 Å². The van der Waals surface area contributed by atoms with Gasteiger partial charge in [-0.2, -0.15) is 0 Å². The van der Waals surface area contributed by atoms with Gasteiger partial charge in [-0.25, -0.2) is 0 Å². The zero-order valence-electron chi connectivity index (χ0n) is 13.5. The molecular formula is C19H32NO+. The Labute approximate surface area is 129 Å². The lowest BCUT2D eigenvalue weighted by molar-refractivity contribution is -0.908. The van der Waals surface area contributed by atoms with E-state index < -0.39 is 0 Å². The number of ether oxygens (including phenoxy) is 1. The molecule has 2 saturated heterocycles. The quantitative estimate of drug-likeness (QED) is 0.772. The summed E-state index contributed by atoms with van der Waals surface area (Å²) in [4.78, 5) is 1.82. The van der Waals surface area contributed by atoms with Crippen LogP contribution in [0.5, 0.6) is 0 Å². The van der Waals surface area contributed by atoms with Crippen molar-refractivity contribution < 1.29 is 9.64 Å². The first kappa shape index (κ1) is 14.3. The van der Waals surface area contributed by atoms with Crippen molar-refractivity contribution in [1.29, 1.82) is 0 Å². The molecule has 4 aliphatic rings. The van der Waals surface area contributed by atoms with Gasteiger partial charge in [0.15, 0.2) is 0 Å². The molecule has 0 amide bonds. The highest BCUT2D eigenvalue weighted by atomic mass is 16.5. The molecule has 1 N–H and O–H groups in total. The van der Waals surface area contributed by atoms with Gasteiger partial charge in [0.05, 0.1) is 19.2 Å². The third-order valence-electron chi connectivity index (χ3n) is 6.51. The minimum absolute atomic E-state index is 0.531. The first-order valence-corrected chi connectivity index (χ1v) is 9.61. The molecule has 0 bridgehead atoms. The zero-order valence-corrected chi connectivity index (χ0v) is 13.5. The van der Waals surface area contributed by atoms with Crippen LogP contribution in [0, 0.1) is 11.8 Å². The molecule has 4 rings (SSSR count). The second kappa shape index (κ2) is 6.42. The molecule has 0 aromatic heterocycles. The Morgan fingerprint density at radius 2 is 1.71 bits per heavy atom. The van der Waals surface area contributed by atoms with Gasteiger partial charge in [0, 0.05) is 11.8 Å². The Hall–Kier alpha value is -0.340. The molecule has 21 heavy (non-hydrogen) atoms. The highest BCUT2D eigenvalue weighted by molar-refractivity contribution is 5.20. The van der Waals surface area contributed by atoms with E-state index in [2.05, 4.69) is 6.08 Å². The molecule has 2 nitrogen and oxygen atoms in total. The van der Waals surface area contributed by atoms with E-state index >= 15 is 0 Å². The number of nitrogens with one attached hydrogen (secondary N) is 1. The topological polar surface area (TPSA) is 13.7 Å². The van der Waals surface area contributed by atoms with Gasteiger partial charge in [-0.3, -0.25) is 0 Å². The van der Waals surface area contributed by atoms with Crippen LogP contribution in [0.15, 0.2) is 11.6 Å². The molecule has 118 valence electrons. The fraction of sp³-hybridized carbons (Fsp3) is 0.895. The van der Waals surface area contributed by atoms with Crippen LogP contribution in [0.2, 0.25) is 0 Å². The highest BCUT2D eigenvalue weighted by Crippen LogP contribution is 2.45. The molecule has 4 atom stereocenters. The maximum atomic E-state index is 6.70. The average Bonchev–Trinajstić information content (AvgIpc) is 2.56. The average molecular weight is 290 g/mol. The summed E-state index contributed by atoms with van der Waals surface area (Å²) in [5, 5.41) is 0. The number of hydrogen-bond acceptors (Lipinski definition) is 1. The minimum Gasteiger partial charge on any atom is -0.368 e.